The largest absolute Gasteiger partial charge is 0.460 e. The van der Waals surface area contributed by atoms with E-state index in [0.717, 1.165) is 0 Å². The lowest BCUT2D eigenvalue weighted by Gasteiger charge is -2.49. The van der Waals surface area contributed by atoms with Crippen molar-refractivity contribution in [3.8, 4) is 0 Å². The van der Waals surface area contributed by atoms with Crippen molar-refractivity contribution in [3.63, 3.8) is 0 Å². The standard InChI is InChI=1S/C14H23ClO5/c1-9(16)18-11-6-7-14(5,20-13(11,3)4)12(8-15)19-10(2)17/h11-12H,6-8H2,1-5H3. The highest BCUT2D eigenvalue weighted by Gasteiger charge is 2.50. The lowest BCUT2D eigenvalue weighted by Crippen LogP contribution is -2.58. The molecule has 116 valence electrons. The molecule has 0 amide bonds. The number of rotatable bonds is 4. The fourth-order valence-electron chi connectivity index (χ4n) is 2.63. The van der Waals surface area contributed by atoms with Gasteiger partial charge < -0.3 is 14.2 Å². The number of hydrogen-bond donors (Lipinski definition) is 0. The van der Waals surface area contributed by atoms with Gasteiger partial charge in [-0.25, -0.2) is 0 Å². The second kappa shape index (κ2) is 6.31. The Labute approximate surface area is 124 Å². The molecular weight excluding hydrogens is 284 g/mol. The van der Waals surface area contributed by atoms with Crippen LogP contribution in [0.5, 0.6) is 0 Å². The Bertz CT molecular complexity index is 382. The van der Waals surface area contributed by atoms with Gasteiger partial charge in [0.25, 0.3) is 0 Å². The summed E-state index contributed by atoms with van der Waals surface area (Å²) < 4.78 is 16.6. The van der Waals surface area contributed by atoms with Gasteiger partial charge in [0.2, 0.25) is 0 Å². The average molecular weight is 307 g/mol. The molecule has 5 nitrogen and oxygen atoms in total. The maximum absolute atomic E-state index is 11.2. The van der Waals surface area contributed by atoms with E-state index in [1.165, 1.54) is 13.8 Å². The first-order chi connectivity index (χ1) is 9.10. The van der Waals surface area contributed by atoms with Crippen LogP contribution in [0, 0.1) is 0 Å². The van der Waals surface area contributed by atoms with Crippen LogP contribution in [0.15, 0.2) is 0 Å². The molecule has 0 aromatic rings. The number of alkyl halides is 1. The van der Waals surface area contributed by atoms with Gasteiger partial charge in [0, 0.05) is 13.8 Å². The first-order valence-corrected chi connectivity index (χ1v) is 7.25. The van der Waals surface area contributed by atoms with Gasteiger partial charge >= 0.3 is 11.9 Å². The van der Waals surface area contributed by atoms with Crippen molar-refractivity contribution in [2.24, 2.45) is 0 Å². The zero-order chi connectivity index (χ0) is 15.6. The minimum atomic E-state index is -0.687. The molecule has 1 aliphatic rings. The lowest BCUT2D eigenvalue weighted by atomic mass is 9.83. The number of carbonyl (C=O) groups is 2. The van der Waals surface area contributed by atoms with Gasteiger partial charge in [0.05, 0.1) is 5.88 Å². The molecule has 1 fully saturated rings. The smallest absolute Gasteiger partial charge is 0.303 e. The van der Waals surface area contributed by atoms with E-state index in [1.54, 1.807) is 0 Å². The van der Waals surface area contributed by atoms with Crippen LogP contribution in [0.3, 0.4) is 0 Å². The van der Waals surface area contributed by atoms with Crippen molar-refractivity contribution in [2.45, 2.75) is 70.9 Å². The molecule has 3 atom stereocenters. The van der Waals surface area contributed by atoms with E-state index in [0.29, 0.717) is 12.8 Å². The maximum atomic E-state index is 11.2. The normalized spacial score (nSPS) is 30.4. The number of carbonyl (C=O) groups excluding carboxylic acids is 2. The summed E-state index contributed by atoms with van der Waals surface area (Å²) in [4.78, 5) is 22.3. The maximum Gasteiger partial charge on any atom is 0.303 e. The van der Waals surface area contributed by atoms with Crippen LogP contribution in [0.2, 0.25) is 0 Å². The molecule has 0 aliphatic carbocycles. The van der Waals surface area contributed by atoms with Crippen molar-refractivity contribution in [1.29, 1.82) is 0 Å². The molecule has 0 aromatic heterocycles. The highest BCUT2D eigenvalue weighted by atomic mass is 35.5. The van der Waals surface area contributed by atoms with Gasteiger partial charge in [-0.3, -0.25) is 9.59 Å². The van der Waals surface area contributed by atoms with Crippen molar-refractivity contribution >= 4 is 23.5 Å². The molecule has 1 aliphatic heterocycles. The molecule has 0 radical (unpaired) electrons. The Hall–Kier alpha value is -0.810. The van der Waals surface area contributed by atoms with E-state index in [9.17, 15) is 9.59 Å². The zero-order valence-corrected chi connectivity index (χ0v) is 13.5. The van der Waals surface area contributed by atoms with Crippen LogP contribution in [-0.2, 0) is 23.8 Å². The van der Waals surface area contributed by atoms with Crippen molar-refractivity contribution < 1.29 is 23.8 Å². The number of halogens is 1. The third-order valence-corrected chi connectivity index (χ3v) is 3.89. The quantitative estimate of drug-likeness (QED) is 0.589. The minimum absolute atomic E-state index is 0.157. The monoisotopic (exact) mass is 306 g/mol. The highest BCUT2D eigenvalue weighted by molar-refractivity contribution is 6.18. The van der Waals surface area contributed by atoms with Crippen LogP contribution in [0.4, 0.5) is 0 Å². The topological polar surface area (TPSA) is 61.8 Å². The van der Waals surface area contributed by atoms with Gasteiger partial charge in [-0.05, 0) is 33.6 Å². The molecule has 1 rings (SSSR count). The molecule has 0 N–H and O–H groups in total. The summed E-state index contributed by atoms with van der Waals surface area (Å²) in [7, 11) is 0. The summed E-state index contributed by atoms with van der Waals surface area (Å²) in [6.07, 6.45) is 0.386. The number of ether oxygens (including phenoxy) is 3. The summed E-state index contributed by atoms with van der Waals surface area (Å²) in [6.45, 7) is 8.31. The molecule has 0 saturated carbocycles. The Morgan fingerprint density at radius 1 is 1.30 bits per heavy atom. The van der Waals surface area contributed by atoms with E-state index in [-0.39, 0.29) is 23.9 Å². The molecule has 3 unspecified atom stereocenters. The predicted octanol–water partition coefficient (Wildman–Crippen LogP) is 2.44. The number of hydrogen-bond acceptors (Lipinski definition) is 5. The first-order valence-electron chi connectivity index (χ1n) is 6.71. The molecule has 0 aromatic carbocycles. The molecule has 1 saturated heterocycles. The van der Waals surface area contributed by atoms with Gasteiger partial charge in [-0.15, -0.1) is 11.6 Å². The Morgan fingerprint density at radius 3 is 2.30 bits per heavy atom. The summed E-state index contributed by atoms with van der Waals surface area (Å²) in [5, 5.41) is 0. The van der Waals surface area contributed by atoms with Crippen LogP contribution in [0.25, 0.3) is 0 Å². The molecule has 0 bridgehead atoms. The van der Waals surface area contributed by atoms with Gasteiger partial charge in [-0.1, -0.05) is 0 Å². The van der Waals surface area contributed by atoms with Crippen LogP contribution >= 0.6 is 11.6 Å². The Kier molecular flexibility index (Phi) is 5.44. The highest BCUT2D eigenvalue weighted by Crippen LogP contribution is 2.40. The first kappa shape index (κ1) is 17.2. The lowest BCUT2D eigenvalue weighted by molar-refractivity contribution is -0.251. The summed E-state index contributed by atoms with van der Waals surface area (Å²) in [5.74, 6) is -0.561. The van der Waals surface area contributed by atoms with Crippen LogP contribution in [-0.4, -0.2) is 41.2 Å². The third-order valence-electron chi connectivity index (χ3n) is 3.61. The summed E-state index contributed by atoms with van der Waals surface area (Å²) in [6, 6.07) is 0. The third kappa shape index (κ3) is 4.09. The number of esters is 2. The Balaban J connectivity index is 2.85. The molecule has 6 heteroatoms. The fraction of sp³-hybridized carbons (Fsp3) is 0.857. The summed E-state index contributed by atoms with van der Waals surface area (Å²) in [5.41, 5.74) is -1.35. The van der Waals surface area contributed by atoms with E-state index in [2.05, 4.69) is 0 Å². The molecule has 0 spiro atoms. The second-order valence-corrected chi connectivity index (χ2v) is 6.22. The van der Waals surface area contributed by atoms with E-state index in [1.807, 2.05) is 20.8 Å². The van der Waals surface area contributed by atoms with Crippen molar-refractivity contribution in [3.05, 3.63) is 0 Å². The SMILES string of the molecule is CC(=O)OC1CCC(C)(C(CCl)OC(C)=O)OC1(C)C. The van der Waals surface area contributed by atoms with E-state index in [4.69, 9.17) is 25.8 Å². The molecule has 20 heavy (non-hydrogen) atoms. The fourth-order valence-corrected chi connectivity index (χ4v) is 3.02. The van der Waals surface area contributed by atoms with Crippen LogP contribution < -0.4 is 0 Å². The van der Waals surface area contributed by atoms with E-state index >= 15 is 0 Å². The average Bonchev–Trinajstić information content (AvgIpc) is 2.28. The molecular formula is C14H23ClO5. The van der Waals surface area contributed by atoms with Crippen molar-refractivity contribution in [1.82, 2.24) is 0 Å². The zero-order valence-electron chi connectivity index (χ0n) is 12.7. The Morgan fingerprint density at radius 2 is 1.90 bits per heavy atom. The van der Waals surface area contributed by atoms with E-state index < -0.39 is 17.3 Å². The van der Waals surface area contributed by atoms with Gasteiger partial charge in [0.1, 0.15) is 23.4 Å². The van der Waals surface area contributed by atoms with Gasteiger partial charge in [-0.2, -0.15) is 0 Å². The molecule has 1 heterocycles. The van der Waals surface area contributed by atoms with Crippen molar-refractivity contribution in [2.75, 3.05) is 5.88 Å². The predicted molar refractivity (Wildman–Crippen MR) is 74.6 cm³/mol. The van der Waals surface area contributed by atoms with Crippen LogP contribution in [0.1, 0.15) is 47.5 Å². The summed E-state index contributed by atoms with van der Waals surface area (Å²) >= 11 is 5.91. The van der Waals surface area contributed by atoms with Gasteiger partial charge in [0.15, 0.2) is 0 Å². The minimum Gasteiger partial charge on any atom is -0.460 e. The second-order valence-electron chi connectivity index (χ2n) is 5.91.